The summed E-state index contributed by atoms with van der Waals surface area (Å²) in [4.78, 5) is 4.17. The predicted molar refractivity (Wildman–Crippen MR) is 75.4 cm³/mol. The first kappa shape index (κ1) is 16.1. The Hall–Kier alpha value is -0.920. The third kappa shape index (κ3) is 3.77. The highest BCUT2D eigenvalue weighted by atomic mass is 32.2. The second-order valence-corrected chi connectivity index (χ2v) is 6.34. The smallest absolute Gasteiger partial charge is 0.262 e. The molecule has 0 aliphatic heterocycles. The lowest BCUT2D eigenvalue weighted by Gasteiger charge is -2.19. The van der Waals surface area contributed by atoms with Gasteiger partial charge in [-0.2, -0.15) is 4.31 Å². The van der Waals surface area contributed by atoms with Gasteiger partial charge in [0.15, 0.2) is 5.03 Å². The number of imidazole rings is 1. The third-order valence-electron chi connectivity index (χ3n) is 2.98. The minimum Gasteiger partial charge on any atom is -0.334 e. The Morgan fingerprint density at radius 1 is 1.37 bits per heavy atom. The molecule has 2 N–H and O–H groups in total. The van der Waals surface area contributed by atoms with Crippen molar-refractivity contribution in [1.82, 2.24) is 13.9 Å². The van der Waals surface area contributed by atoms with Gasteiger partial charge >= 0.3 is 0 Å². The zero-order chi connectivity index (χ0) is 14.5. The van der Waals surface area contributed by atoms with Crippen LogP contribution in [0.1, 0.15) is 32.5 Å². The molecule has 19 heavy (non-hydrogen) atoms. The fourth-order valence-corrected chi connectivity index (χ4v) is 3.49. The molecule has 0 amide bonds. The van der Waals surface area contributed by atoms with Crippen LogP contribution < -0.4 is 5.73 Å². The van der Waals surface area contributed by atoms with Crippen LogP contribution >= 0.6 is 0 Å². The van der Waals surface area contributed by atoms with Gasteiger partial charge in [-0.05, 0) is 33.2 Å². The maximum absolute atomic E-state index is 12.5. The van der Waals surface area contributed by atoms with Crippen molar-refractivity contribution < 1.29 is 8.42 Å². The molecular formula is C12H24N4O2S. The van der Waals surface area contributed by atoms with Gasteiger partial charge in [-0.3, -0.25) is 0 Å². The van der Waals surface area contributed by atoms with E-state index >= 15 is 0 Å². The highest BCUT2D eigenvalue weighted by molar-refractivity contribution is 7.89. The standard InChI is InChI=1S/C12H24N4O2S/c1-4-8-16(9-6-7-13)19(17,18)12-10-15(5-2)11(3)14-12/h10H,4-9,13H2,1-3H3. The molecule has 0 unspecified atom stereocenters. The lowest BCUT2D eigenvalue weighted by Crippen LogP contribution is -2.34. The molecule has 0 bridgehead atoms. The predicted octanol–water partition coefficient (Wildman–Crippen LogP) is 0.961. The first-order chi connectivity index (χ1) is 8.97. The minimum atomic E-state index is -3.50. The topological polar surface area (TPSA) is 81.2 Å². The summed E-state index contributed by atoms with van der Waals surface area (Å²) in [5, 5.41) is 0.136. The van der Waals surface area contributed by atoms with Gasteiger partial charge in [0.2, 0.25) is 0 Å². The molecule has 0 saturated heterocycles. The van der Waals surface area contributed by atoms with Crippen LogP contribution in [-0.4, -0.2) is 41.9 Å². The van der Waals surface area contributed by atoms with Crippen LogP contribution in [0.25, 0.3) is 0 Å². The van der Waals surface area contributed by atoms with Gasteiger partial charge < -0.3 is 10.3 Å². The van der Waals surface area contributed by atoms with Crippen LogP contribution in [0.15, 0.2) is 11.2 Å². The van der Waals surface area contributed by atoms with Crippen molar-refractivity contribution in [3.63, 3.8) is 0 Å². The average molecular weight is 288 g/mol. The van der Waals surface area contributed by atoms with Gasteiger partial charge in [0.1, 0.15) is 5.82 Å². The maximum Gasteiger partial charge on any atom is 0.262 e. The van der Waals surface area contributed by atoms with Crippen LogP contribution in [-0.2, 0) is 16.6 Å². The minimum absolute atomic E-state index is 0.136. The SMILES string of the molecule is CCCN(CCCN)S(=O)(=O)c1cn(CC)c(C)n1. The van der Waals surface area contributed by atoms with E-state index in [1.165, 1.54) is 4.31 Å². The van der Waals surface area contributed by atoms with E-state index in [-0.39, 0.29) is 5.03 Å². The Bertz CT molecular complexity index is 496. The summed E-state index contributed by atoms with van der Waals surface area (Å²) in [5.41, 5.74) is 5.46. The second kappa shape index (κ2) is 7.02. The molecule has 1 aromatic heterocycles. The van der Waals surface area contributed by atoms with Gasteiger partial charge in [0, 0.05) is 25.8 Å². The summed E-state index contributed by atoms with van der Waals surface area (Å²) in [6, 6.07) is 0. The van der Waals surface area contributed by atoms with E-state index in [1.54, 1.807) is 6.20 Å². The summed E-state index contributed by atoms with van der Waals surface area (Å²) in [6.07, 6.45) is 3.04. The largest absolute Gasteiger partial charge is 0.334 e. The lowest BCUT2D eigenvalue weighted by atomic mass is 10.4. The summed E-state index contributed by atoms with van der Waals surface area (Å²) in [5.74, 6) is 0.719. The molecular weight excluding hydrogens is 264 g/mol. The van der Waals surface area contributed by atoms with E-state index < -0.39 is 10.0 Å². The summed E-state index contributed by atoms with van der Waals surface area (Å²) in [7, 11) is -3.50. The van der Waals surface area contributed by atoms with Crippen molar-refractivity contribution in [1.29, 1.82) is 0 Å². The second-order valence-electron chi connectivity index (χ2n) is 4.46. The van der Waals surface area contributed by atoms with Crippen LogP contribution in [0.3, 0.4) is 0 Å². The molecule has 0 aliphatic rings. The van der Waals surface area contributed by atoms with Gasteiger partial charge in [-0.15, -0.1) is 0 Å². The number of rotatable bonds is 8. The first-order valence-electron chi connectivity index (χ1n) is 6.71. The number of nitrogens with zero attached hydrogens (tertiary/aromatic N) is 3. The fraction of sp³-hybridized carbons (Fsp3) is 0.750. The molecule has 1 heterocycles. The number of aryl methyl sites for hydroxylation is 2. The number of nitrogens with two attached hydrogens (primary N) is 1. The first-order valence-corrected chi connectivity index (χ1v) is 8.15. The molecule has 6 nitrogen and oxygen atoms in total. The quantitative estimate of drug-likeness (QED) is 0.772. The Morgan fingerprint density at radius 2 is 2.05 bits per heavy atom. The molecule has 0 atom stereocenters. The monoisotopic (exact) mass is 288 g/mol. The summed E-state index contributed by atoms with van der Waals surface area (Å²) < 4.78 is 28.3. The molecule has 1 rings (SSSR count). The summed E-state index contributed by atoms with van der Waals surface area (Å²) >= 11 is 0. The Kier molecular flexibility index (Phi) is 5.96. The molecule has 0 aliphatic carbocycles. The Morgan fingerprint density at radius 3 is 2.53 bits per heavy atom. The van der Waals surface area contributed by atoms with Crippen LogP contribution in [0.5, 0.6) is 0 Å². The molecule has 0 fully saturated rings. The van der Waals surface area contributed by atoms with E-state index in [0.29, 0.717) is 32.6 Å². The number of sulfonamides is 1. The molecule has 0 aromatic carbocycles. The van der Waals surface area contributed by atoms with Crippen molar-refractivity contribution in [2.24, 2.45) is 5.73 Å². The van der Waals surface area contributed by atoms with E-state index in [1.807, 2.05) is 25.3 Å². The van der Waals surface area contributed by atoms with Gasteiger partial charge in [0.25, 0.3) is 10.0 Å². The zero-order valence-electron chi connectivity index (χ0n) is 12.0. The molecule has 0 saturated carbocycles. The molecule has 110 valence electrons. The highest BCUT2D eigenvalue weighted by Gasteiger charge is 2.26. The number of hydrogen-bond donors (Lipinski definition) is 1. The zero-order valence-corrected chi connectivity index (χ0v) is 12.8. The third-order valence-corrected chi connectivity index (χ3v) is 4.75. The van der Waals surface area contributed by atoms with Crippen LogP contribution in [0.4, 0.5) is 0 Å². The average Bonchev–Trinajstić information content (AvgIpc) is 2.76. The van der Waals surface area contributed by atoms with Crippen molar-refractivity contribution in [3.05, 3.63) is 12.0 Å². The lowest BCUT2D eigenvalue weighted by molar-refractivity contribution is 0.404. The number of aromatic nitrogens is 2. The van der Waals surface area contributed by atoms with E-state index in [0.717, 1.165) is 12.2 Å². The Balaban J connectivity index is 3.03. The normalized spacial score (nSPS) is 12.3. The molecule has 0 radical (unpaired) electrons. The van der Waals surface area contributed by atoms with Gasteiger partial charge in [0.05, 0.1) is 0 Å². The van der Waals surface area contributed by atoms with E-state index in [9.17, 15) is 8.42 Å². The summed E-state index contributed by atoms with van der Waals surface area (Å²) in [6.45, 7) is 7.88. The van der Waals surface area contributed by atoms with Gasteiger partial charge in [-0.25, -0.2) is 13.4 Å². The van der Waals surface area contributed by atoms with Crippen molar-refractivity contribution >= 4 is 10.0 Å². The molecule has 7 heteroatoms. The maximum atomic E-state index is 12.5. The van der Waals surface area contributed by atoms with E-state index in [2.05, 4.69) is 4.98 Å². The fourth-order valence-electron chi connectivity index (χ4n) is 1.93. The van der Waals surface area contributed by atoms with Crippen molar-refractivity contribution in [3.8, 4) is 0 Å². The molecule has 0 spiro atoms. The highest BCUT2D eigenvalue weighted by Crippen LogP contribution is 2.16. The van der Waals surface area contributed by atoms with Gasteiger partial charge in [-0.1, -0.05) is 6.92 Å². The Labute approximate surface area is 115 Å². The molecule has 1 aromatic rings. The number of hydrogen-bond acceptors (Lipinski definition) is 4. The van der Waals surface area contributed by atoms with Crippen LogP contribution in [0.2, 0.25) is 0 Å². The van der Waals surface area contributed by atoms with Crippen molar-refractivity contribution in [2.75, 3.05) is 19.6 Å². The van der Waals surface area contributed by atoms with E-state index in [4.69, 9.17) is 5.73 Å². The van der Waals surface area contributed by atoms with Crippen LogP contribution in [0, 0.1) is 6.92 Å². The van der Waals surface area contributed by atoms with Crippen molar-refractivity contribution in [2.45, 2.75) is 45.2 Å².